The molecule has 0 saturated carbocycles. The molecule has 0 atom stereocenters. The highest BCUT2D eigenvalue weighted by molar-refractivity contribution is 5.44. The van der Waals surface area contributed by atoms with Crippen LogP contribution in [0, 0.1) is 0 Å². The van der Waals surface area contributed by atoms with Crippen LogP contribution in [0.2, 0.25) is 0 Å². The number of nitrogens with zero attached hydrogens (tertiary/aromatic N) is 4. The van der Waals surface area contributed by atoms with Crippen molar-refractivity contribution in [1.29, 1.82) is 0 Å². The number of hydrogen-bond acceptors (Lipinski definition) is 8. The van der Waals surface area contributed by atoms with Gasteiger partial charge in [-0.3, -0.25) is 0 Å². The average Bonchev–Trinajstić information content (AvgIpc) is 2.46. The fourth-order valence-electron chi connectivity index (χ4n) is 1.66. The van der Waals surface area contributed by atoms with Crippen molar-refractivity contribution in [3.63, 3.8) is 0 Å². The molecule has 0 aliphatic heterocycles. The van der Waals surface area contributed by atoms with Crippen molar-refractivity contribution in [3.8, 4) is 11.5 Å². The lowest BCUT2D eigenvalue weighted by atomic mass is 10.2. The third kappa shape index (κ3) is 3.62. The predicted octanol–water partition coefficient (Wildman–Crippen LogP) is 0.846. The summed E-state index contributed by atoms with van der Waals surface area (Å²) >= 11 is 0. The molecule has 0 fully saturated rings. The normalized spacial score (nSPS) is 10.2. The number of phenolic OH excluding ortho intramolecular Hbond substituents is 1. The number of nitrogens with one attached hydrogen (secondary N) is 1. The SMILES string of the molecule is COc1ccc(O)c(CNc2nc(N)nc(N(C)C)n2)c1. The van der Waals surface area contributed by atoms with Crippen LogP contribution in [0.1, 0.15) is 5.56 Å². The first-order chi connectivity index (χ1) is 9.99. The molecule has 8 nitrogen and oxygen atoms in total. The summed E-state index contributed by atoms with van der Waals surface area (Å²) in [7, 11) is 5.19. The number of benzene rings is 1. The lowest BCUT2D eigenvalue weighted by Gasteiger charge is -2.13. The number of aromatic hydroxyl groups is 1. The van der Waals surface area contributed by atoms with Crippen LogP contribution < -0.4 is 20.7 Å². The molecule has 0 aliphatic rings. The lowest BCUT2D eigenvalue weighted by molar-refractivity contribution is 0.411. The summed E-state index contributed by atoms with van der Waals surface area (Å²) in [5.41, 5.74) is 6.31. The zero-order valence-corrected chi connectivity index (χ0v) is 12.2. The van der Waals surface area contributed by atoms with Gasteiger partial charge in [-0.15, -0.1) is 0 Å². The first kappa shape index (κ1) is 14.6. The van der Waals surface area contributed by atoms with E-state index in [1.54, 1.807) is 30.2 Å². The van der Waals surface area contributed by atoms with Crippen molar-refractivity contribution >= 4 is 17.8 Å². The van der Waals surface area contributed by atoms with E-state index in [2.05, 4.69) is 20.3 Å². The van der Waals surface area contributed by atoms with E-state index < -0.39 is 0 Å². The number of rotatable bonds is 5. The van der Waals surface area contributed by atoms with Gasteiger partial charge in [0.15, 0.2) is 0 Å². The second kappa shape index (κ2) is 6.12. The van der Waals surface area contributed by atoms with Gasteiger partial charge in [0.05, 0.1) is 7.11 Å². The van der Waals surface area contributed by atoms with Crippen LogP contribution in [0.15, 0.2) is 18.2 Å². The molecule has 0 amide bonds. The second-order valence-corrected chi connectivity index (χ2v) is 4.56. The van der Waals surface area contributed by atoms with Crippen LogP contribution in [-0.2, 0) is 6.54 Å². The number of ether oxygens (including phenoxy) is 1. The van der Waals surface area contributed by atoms with Gasteiger partial charge >= 0.3 is 0 Å². The molecule has 21 heavy (non-hydrogen) atoms. The highest BCUT2D eigenvalue weighted by atomic mass is 16.5. The maximum Gasteiger partial charge on any atom is 0.231 e. The van der Waals surface area contributed by atoms with Crippen LogP contribution in [0.25, 0.3) is 0 Å². The van der Waals surface area contributed by atoms with E-state index in [0.29, 0.717) is 29.8 Å². The number of nitrogen functional groups attached to an aromatic ring is 1. The van der Waals surface area contributed by atoms with Gasteiger partial charge in [-0.05, 0) is 18.2 Å². The number of aromatic nitrogens is 3. The Morgan fingerprint density at radius 2 is 2.05 bits per heavy atom. The Balaban J connectivity index is 2.16. The highest BCUT2D eigenvalue weighted by Crippen LogP contribution is 2.23. The van der Waals surface area contributed by atoms with Crippen LogP contribution in [0.3, 0.4) is 0 Å². The van der Waals surface area contributed by atoms with E-state index in [9.17, 15) is 5.11 Å². The van der Waals surface area contributed by atoms with Crippen molar-refractivity contribution in [2.24, 2.45) is 0 Å². The van der Waals surface area contributed by atoms with Gasteiger partial charge in [-0.1, -0.05) is 0 Å². The van der Waals surface area contributed by atoms with Crippen LogP contribution in [0.4, 0.5) is 17.8 Å². The molecular weight excluding hydrogens is 272 g/mol. The molecule has 112 valence electrons. The van der Waals surface area contributed by atoms with Gasteiger partial charge < -0.3 is 25.8 Å². The topological polar surface area (TPSA) is 109 Å². The third-order valence-electron chi connectivity index (χ3n) is 2.76. The Bertz CT molecular complexity index is 632. The van der Waals surface area contributed by atoms with E-state index >= 15 is 0 Å². The van der Waals surface area contributed by atoms with Gasteiger partial charge in [0, 0.05) is 26.2 Å². The zero-order chi connectivity index (χ0) is 15.4. The summed E-state index contributed by atoms with van der Waals surface area (Å²) in [6.07, 6.45) is 0. The molecule has 8 heteroatoms. The Labute approximate surface area is 122 Å². The van der Waals surface area contributed by atoms with E-state index in [1.807, 2.05) is 14.1 Å². The maximum absolute atomic E-state index is 9.82. The summed E-state index contributed by atoms with van der Waals surface area (Å²) in [4.78, 5) is 14.0. The van der Waals surface area contributed by atoms with E-state index in [-0.39, 0.29) is 11.7 Å². The molecule has 0 radical (unpaired) electrons. The average molecular weight is 290 g/mol. The molecular formula is C13H18N6O2. The van der Waals surface area contributed by atoms with Gasteiger partial charge in [-0.25, -0.2) is 0 Å². The summed E-state index contributed by atoms with van der Waals surface area (Å²) in [6.45, 7) is 0.333. The van der Waals surface area contributed by atoms with Gasteiger partial charge in [0.2, 0.25) is 17.8 Å². The number of hydrogen-bond donors (Lipinski definition) is 3. The molecule has 4 N–H and O–H groups in total. The molecule has 0 spiro atoms. The van der Waals surface area contributed by atoms with Gasteiger partial charge in [0.1, 0.15) is 11.5 Å². The largest absolute Gasteiger partial charge is 0.508 e. The van der Waals surface area contributed by atoms with E-state index in [0.717, 1.165) is 0 Å². The summed E-state index contributed by atoms with van der Waals surface area (Å²) in [5.74, 6) is 1.76. The zero-order valence-electron chi connectivity index (χ0n) is 12.2. The molecule has 2 aromatic rings. The minimum Gasteiger partial charge on any atom is -0.508 e. The van der Waals surface area contributed by atoms with E-state index in [4.69, 9.17) is 10.5 Å². The second-order valence-electron chi connectivity index (χ2n) is 4.56. The lowest BCUT2D eigenvalue weighted by Crippen LogP contribution is -2.16. The molecule has 0 aliphatic carbocycles. The maximum atomic E-state index is 9.82. The van der Waals surface area contributed by atoms with E-state index in [1.165, 1.54) is 0 Å². The first-order valence-corrected chi connectivity index (χ1v) is 6.28. The fourth-order valence-corrected chi connectivity index (χ4v) is 1.66. The van der Waals surface area contributed by atoms with Crippen LogP contribution in [0.5, 0.6) is 11.5 Å². The fraction of sp³-hybridized carbons (Fsp3) is 0.308. The van der Waals surface area contributed by atoms with Crippen molar-refractivity contribution in [1.82, 2.24) is 15.0 Å². The summed E-state index contributed by atoms with van der Waals surface area (Å²) in [5, 5.41) is 12.8. The molecule has 1 heterocycles. The number of phenols is 1. The Morgan fingerprint density at radius 3 is 2.71 bits per heavy atom. The smallest absolute Gasteiger partial charge is 0.231 e. The first-order valence-electron chi connectivity index (χ1n) is 6.28. The van der Waals surface area contributed by atoms with Crippen molar-refractivity contribution in [3.05, 3.63) is 23.8 Å². The van der Waals surface area contributed by atoms with Crippen LogP contribution in [-0.4, -0.2) is 41.3 Å². The number of nitrogens with two attached hydrogens (primary N) is 1. The number of methoxy groups -OCH3 is 1. The standard InChI is InChI=1S/C13H18N6O2/c1-19(2)13-17-11(14)16-12(18-13)15-7-8-6-9(21-3)4-5-10(8)20/h4-6,20H,7H2,1-3H3,(H3,14,15,16,17,18). The monoisotopic (exact) mass is 290 g/mol. The third-order valence-corrected chi connectivity index (χ3v) is 2.76. The molecule has 2 rings (SSSR count). The summed E-state index contributed by atoms with van der Waals surface area (Å²) < 4.78 is 5.12. The van der Waals surface area contributed by atoms with Crippen molar-refractivity contribution < 1.29 is 9.84 Å². The molecule has 1 aromatic heterocycles. The molecule has 1 aromatic carbocycles. The highest BCUT2D eigenvalue weighted by Gasteiger charge is 2.08. The number of anilines is 3. The quantitative estimate of drug-likeness (QED) is 0.743. The van der Waals surface area contributed by atoms with Gasteiger partial charge in [0.25, 0.3) is 0 Å². The van der Waals surface area contributed by atoms with Crippen molar-refractivity contribution in [2.45, 2.75) is 6.54 Å². The van der Waals surface area contributed by atoms with Gasteiger partial charge in [-0.2, -0.15) is 15.0 Å². The Hall–Kier alpha value is -2.77. The minimum atomic E-state index is 0.131. The molecule has 0 saturated heterocycles. The predicted molar refractivity (Wildman–Crippen MR) is 80.6 cm³/mol. The Kier molecular flexibility index (Phi) is 4.27. The Morgan fingerprint density at radius 1 is 1.29 bits per heavy atom. The summed E-state index contributed by atoms with van der Waals surface area (Å²) in [6, 6.07) is 4.99. The molecule has 0 unspecified atom stereocenters. The van der Waals surface area contributed by atoms with Crippen LogP contribution >= 0.6 is 0 Å². The molecule has 0 bridgehead atoms. The van der Waals surface area contributed by atoms with Crippen molar-refractivity contribution in [2.75, 3.05) is 37.2 Å². The minimum absolute atomic E-state index is 0.131.